The summed E-state index contributed by atoms with van der Waals surface area (Å²) in [7, 11) is 0. The Balaban J connectivity index is 1.90. The minimum atomic E-state index is -0.863. The molecule has 3 heteroatoms. The molecule has 1 unspecified atom stereocenters. The van der Waals surface area contributed by atoms with Gasteiger partial charge in [-0.15, -0.1) is 0 Å². The first kappa shape index (κ1) is 17.7. The number of carbonyl (C=O) groups is 2. The molecular formula is C20H28O3. The van der Waals surface area contributed by atoms with Crippen LogP contribution in [-0.4, -0.2) is 16.9 Å². The predicted octanol–water partition coefficient (Wildman–Crippen LogP) is 4.35. The lowest BCUT2D eigenvalue weighted by atomic mass is 9.74. The van der Waals surface area contributed by atoms with Gasteiger partial charge in [-0.25, -0.2) is 0 Å². The Hall–Kier alpha value is -1.64. The second-order valence-electron chi connectivity index (χ2n) is 7.25. The highest BCUT2D eigenvalue weighted by Crippen LogP contribution is 2.34. The fourth-order valence-corrected chi connectivity index (χ4v) is 3.66. The van der Waals surface area contributed by atoms with Crippen molar-refractivity contribution in [2.75, 3.05) is 0 Å². The molecule has 2 rings (SSSR count). The number of Topliss-reactive ketones (excluding diaryl/α,β-unsaturated/α-hetero) is 1. The quantitative estimate of drug-likeness (QED) is 0.813. The van der Waals surface area contributed by atoms with Gasteiger partial charge in [0.2, 0.25) is 0 Å². The zero-order chi connectivity index (χ0) is 16.8. The van der Waals surface area contributed by atoms with Gasteiger partial charge in [-0.2, -0.15) is 0 Å². The Morgan fingerprint density at radius 2 is 1.70 bits per heavy atom. The van der Waals surface area contributed by atoms with E-state index in [9.17, 15) is 14.7 Å². The molecule has 1 aromatic rings. The highest BCUT2D eigenvalue weighted by Gasteiger charge is 2.30. The van der Waals surface area contributed by atoms with Crippen LogP contribution in [-0.2, 0) is 16.0 Å². The predicted molar refractivity (Wildman–Crippen MR) is 91.2 cm³/mol. The zero-order valence-electron chi connectivity index (χ0n) is 14.2. The minimum Gasteiger partial charge on any atom is -0.481 e. The molecule has 0 amide bonds. The third-order valence-electron chi connectivity index (χ3n) is 5.29. The first-order chi connectivity index (χ1) is 11.0. The topological polar surface area (TPSA) is 54.4 Å². The lowest BCUT2D eigenvalue weighted by Gasteiger charge is -2.30. The Morgan fingerprint density at radius 3 is 2.22 bits per heavy atom. The van der Waals surface area contributed by atoms with Crippen molar-refractivity contribution in [2.45, 2.75) is 52.4 Å². The van der Waals surface area contributed by atoms with Crippen molar-refractivity contribution in [1.29, 1.82) is 0 Å². The van der Waals surface area contributed by atoms with Crippen LogP contribution in [0.4, 0.5) is 0 Å². The average molecular weight is 316 g/mol. The van der Waals surface area contributed by atoms with Crippen molar-refractivity contribution < 1.29 is 14.7 Å². The molecule has 3 nitrogen and oxygen atoms in total. The summed E-state index contributed by atoms with van der Waals surface area (Å²) in [6, 6.07) is 9.58. The Kier molecular flexibility index (Phi) is 6.37. The van der Waals surface area contributed by atoms with Crippen LogP contribution in [0.25, 0.3) is 0 Å². The van der Waals surface area contributed by atoms with Crippen LogP contribution >= 0.6 is 0 Å². The molecule has 0 radical (unpaired) electrons. The van der Waals surface area contributed by atoms with Crippen LogP contribution in [0.5, 0.6) is 0 Å². The Labute approximate surface area is 139 Å². The summed E-state index contributed by atoms with van der Waals surface area (Å²) in [6.07, 6.45) is 4.66. The third kappa shape index (κ3) is 5.19. The zero-order valence-corrected chi connectivity index (χ0v) is 14.2. The molecule has 1 N–H and O–H groups in total. The lowest BCUT2D eigenvalue weighted by molar-refractivity contribution is -0.144. The molecule has 1 atom stereocenters. The molecule has 0 aliphatic heterocycles. The lowest BCUT2D eigenvalue weighted by Crippen LogP contribution is -2.28. The van der Waals surface area contributed by atoms with Gasteiger partial charge in [0.05, 0.1) is 5.92 Å². The van der Waals surface area contributed by atoms with E-state index in [0.717, 1.165) is 37.2 Å². The van der Waals surface area contributed by atoms with Gasteiger partial charge in [-0.05, 0) is 49.5 Å². The van der Waals surface area contributed by atoms with Gasteiger partial charge in [-0.1, -0.05) is 44.2 Å². The molecule has 1 aliphatic carbocycles. The maximum atomic E-state index is 12.5. The molecule has 0 bridgehead atoms. The van der Waals surface area contributed by atoms with Crippen LogP contribution in [0.15, 0.2) is 30.3 Å². The standard InChI is InChI=1S/C20H28O3/c1-14(2)16-8-10-17(11-9-16)19(21)13-18(20(22)23)12-15-6-4-3-5-7-15/h3-7,14,16-18H,8-13H2,1-2H3,(H,22,23). The molecule has 23 heavy (non-hydrogen) atoms. The number of benzene rings is 1. The fourth-order valence-electron chi connectivity index (χ4n) is 3.66. The molecule has 1 aliphatic rings. The smallest absolute Gasteiger partial charge is 0.307 e. The van der Waals surface area contributed by atoms with Crippen molar-refractivity contribution in [3.05, 3.63) is 35.9 Å². The van der Waals surface area contributed by atoms with Gasteiger partial charge in [-0.3, -0.25) is 9.59 Å². The van der Waals surface area contributed by atoms with Gasteiger partial charge < -0.3 is 5.11 Å². The van der Waals surface area contributed by atoms with Crippen LogP contribution < -0.4 is 0 Å². The molecule has 0 saturated heterocycles. The number of hydrogen-bond acceptors (Lipinski definition) is 2. The highest BCUT2D eigenvalue weighted by molar-refractivity contribution is 5.85. The first-order valence-corrected chi connectivity index (χ1v) is 8.76. The van der Waals surface area contributed by atoms with E-state index < -0.39 is 11.9 Å². The number of carboxylic acids is 1. The molecule has 126 valence electrons. The van der Waals surface area contributed by atoms with E-state index in [1.54, 1.807) is 0 Å². The molecule has 1 aromatic carbocycles. The fraction of sp³-hybridized carbons (Fsp3) is 0.600. The SMILES string of the molecule is CC(C)C1CCC(C(=O)CC(Cc2ccccc2)C(=O)O)CC1. The molecule has 1 fully saturated rings. The number of carboxylic acid groups (broad SMARTS) is 1. The average Bonchev–Trinajstić information content (AvgIpc) is 2.55. The van der Waals surface area contributed by atoms with E-state index in [4.69, 9.17) is 0 Å². The van der Waals surface area contributed by atoms with Gasteiger partial charge in [0.25, 0.3) is 0 Å². The van der Waals surface area contributed by atoms with Crippen LogP contribution in [0.1, 0.15) is 51.5 Å². The van der Waals surface area contributed by atoms with Gasteiger partial charge in [0, 0.05) is 12.3 Å². The number of ketones is 1. The maximum Gasteiger partial charge on any atom is 0.307 e. The summed E-state index contributed by atoms with van der Waals surface area (Å²) in [5.41, 5.74) is 0.983. The van der Waals surface area contributed by atoms with Crippen molar-refractivity contribution in [2.24, 2.45) is 23.7 Å². The summed E-state index contributed by atoms with van der Waals surface area (Å²) < 4.78 is 0. The van der Waals surface area contributed by atoms with Crippen molar-refractivity contribution in [1.82, 2.24) is 0 Å². The van der Waals surface area contributed by atoms with E-state index in [2.05, 4.69) is 13.8 Å². The highest BCUT2D eigenvalue weighted by atomic mass is 16.4. The number of carbonyl (C=O) groups excluding carboxylic acids is 1. The largest absolute Gasteiger partial charge is 0.481 e. The van der Waals surface area contributed by atoms with Crippen LogP contribution in [0, 0.1) is 23.7 Å². The normalized spacial score (nSPS) is 22.7. The maximum absolute atomic E-state index is 12.5. The number of hydrogen-bond donors (Lipinski definition) is 1. The van der Waals surface area contributed by atoms with Crippen molar-refractivity contribution in [3.63, 3.8) is 0 Å². The Bertz CT molecular complexity index is 513. The third-order valence-corrected chi connectivity index (χ3v) is 5.29. The summed E-state index contributed by atoms with van der Waals surface area (Å²) in [5.74, 6) is 0.151. The molecule has 1 saturated carbocycles. The van der Waals surface area contributed by atoms with Crippen LogP contribution in [0.2, 0.25) is 0 Å². The number of aliphatic carboxylic acids is 1. The van der Waals surface area contributed by atoms with E-state index in [-0.39, 0.29) is 18.1 Å². The second-order valence-corrected chi connectivity index (χ2v) is 7.25. The van der Waals surface area contributed by atoms with E-state index in [1.165, 1.54) is 0 Å². The van der Waals surface area contributed by atoms with Crippen LogP contribution in [0.3, 0.4) is 0 Å². The summed E-state index contributed by atoms with van der Waals surface area (Å²) >= 11 is 0. The Morgan fingerprint density at radius 1 is 1.09 bits per heavy atom. The van der Waals surface area contributed by atoms with E-state index in [0.29, 0.717) is 12.3 Å². The number of rotatable bonds is 7. The summed E-state index contributed by atoms with van der Waals surface area (Å²) in [4.78, 5) is 24.0. The van der Waals surface area contributed by atoms with Crippen molar-refractivity contribution >= 4 is 11.8 Å². The molecular weight excluding hydrogens is 288 g/mol. The summed E-state index contributed by atoms with van der Waals surface area (Å²) in [6.45, 7) is 4.49. The first-order valence-electron chi connectivity index (χ1n) is 8.76. The van der Waals surface area contributed by atoms with Gasteiger partial charge >= 0.3 is 5.97 Å². The van der Waals surface area contributed by atoms with E-state index >= 15 is 0 Å². The second kappa shape index (κ2) is 8.28. The molecule has 0 aromatic heterocycles. The molecule has 0 heterocycles. The van der Waals surface area contributed by atoms with E-state index in [1.807, 2.05) is 30.3 Å². The minimum absolute atomic E-state index is 0.0719. The van der Waals surface area contributed by atoms with Gasteiger partial charge in [0.1, 0.15) is 5.78 Å². The van der Waals surface area contributed by atoms with Gasteiger partial charge in [0.15, 0.2) is 0 Å². The summed E-state index contributed by atoms with van der Waals surface area (Å²) in [5, 5.41) is 9.44. The monoisotopic (exact) mass is 316 g/mol. The van der Waals surface area contributed by atoms with Crippen molar-refractivity contribution in [3.8, 4) is 0 Å². The molecule has 0 spiro atoms.